The molecule has 0 spiro atoms. The summed E-state index contributed by atoms with van der Waals surface area (Å²) in [6.45, 7) is 8.05. The van der Waals surface area contributed by atoms with Crippen LogP contribution in [0.4, 0.5) is 10.1 Å². The normalized spacial score (nSPS) is 11.3. The zero-order chi connectivity index (χ0) is 15.6. The van der Waals surface area contributed by atoms with Crippen LogP contribution in [-0.4, -0.2) is 5.91 Å². The van der Waals surface area contributed by atoms with Gasteiger partial charge in [0, 0.05) is 11.3 Å². The Labute approximate surface area is 125 Å². The minimum atomic E-state index is -0.323. The van der Waals surface area contributed by atoms with Crippen LogP contribution in [0, 0.1) is 12.7 Å². The summed E-state index contributed by atoms with van der Waals surface area (Å²) in [6.07, 6.45) is 0. The molecule has 1 amide bonds. The number of hydrogen-bond donors (Lipinski definition) is 1. The first-order chi connectivity index (χ1) is 9.77. The molecule has 0 heterocycles. The lowest BCUT2D eigenvalue weighted by Crippen LogP contribution is -2.14. The number of carbonyl (C=O) groups is 1. The van der Waals surface area contributed by atoms with Crippen LogP contribution >= 0.6 is 0 Å². The summed E-state index contributed by atoms with van der Waals surface area (Å²) < 4.78 is 13.5. The van der Waals surface area contributed by atoms with E-state index in [0.717, 1.165) is 0 Å². The van der Waals surface area contributed by atoms with Gasteiger partial charge < -0.3 is 5.32 Å². The predicted molar refractivity (Wildman–Crippen MR) is 84.2 cm³/mol. The van der Waals surface area contributed by atoms with Crippen LogP contribution in [-0.2, 0) is 5.41 Å². The second-order valence-electron chi connectivity index (χ2n) is 6.25. The fraction of sp³-hybridized carbons (Fsp3) is 0.278. The summed E-state index contributed by atoms with van der Waals surface area (Å²) in [5, 5.41) is 2.71. The van der Waals surface area contributed by atoms with Crippen molar-refractivity contribution in [3.05, 3.63) is 65.0 Å². The summed E-state index contributed by atoms with van der Waals surface area (Å²) in [4.78, 5) is 12.1. The molecule has 0 atom stereocenters. The highest BCUT2D eigenvalue weighted by Gasteiger charge is 2.14. The molecule has 2 nitrogen and oxygen atoms in total. The van der Waals surface area contributed by atoms with Crippen molar-refractivity contribution in [2.45, 2.75) is 33.1 Å². The van der Waals surface area contributed by atoms with Crippen molar-refractivity contribution in [2.75, 3.05) is 5.32 Å². The van der Waals surface area contributed by atoms with Crippen molar-refractivity contribution in [1.82, 2.24) is 0 Å². The summed E-state index contributed by atoms with van der Waals surface area (Å²) in [7, 11) is 0. The first kappa shape index (κ1) is 15.2. The third-order valence-electron chi connectivity index (χ3n) is 3.44. The Kier molecular flexibility index (Phi) is 4.12. The maximum absolute atomic E-state index is 13.5. The van der Waals surface area contributed by atoms with Crippen LogP contribution in [0.1, 0.15) is 42.3 Å². The highest BCUT2D eigenvalue weighted by Crippen LogP contribution is 2.22. The van der Waals surface area contributed by atoms with Gasteiger partial charge >= 0.3 is 0 Å². The molecule has 110 valence electrons. The molecule has 0 aliphatic heterocycles. The molecule has 0 aliphatic carbocycles. The molecule has 0 saturated heterocycles. The third kappa shape index (κ3) is 3.69. The maximum atomic E-state index is 13.5. The molecule has 0 aliphatic rings. The second kappa shape index (κ2) is 5.68. The van der Waals surface area contributed by atoms with Crippen LogP contribution < -0.4 is 5.32 Å². The predicted octanol–water partition coefficient (Wildman–Crippen LogP) is 4.68. The lowest BCUT2D eigenvalue weighted by Gasteiger charge is -2.19. The van der Waals surface area contributed by atoms with Crippen LogP contribution in [0.5, 0.6) is 0 Å². The van der Waals surface area contributed by atoms with Gasteiger partial charge in [-0.15, -0.1) is 0 Å². The van der Waals surface area contributed by atoms with Crippen molar-refractivity contribution in [1.29, 1.82) is 0 Å². The van der Waals surface area contributed by atoms with E-state index in [0.29, 0.717) is 16.8 Å². The fourth-order valence-corrected chi connectivity index (χ4v) is 2.00. The number of hydrogen-bond acceptors (Lipinski definition) is 1. The van der Waals surface area contributed by atoms with E-state index in [1.165, 1.54) is 11.6 Å². The van der Waals surface area contributed by atoms with Crippen LogP contribution in [0.15, 0.2) is 42.5 Å². The molecule has 1 N–H and O–H groups in total. The third-order valence-corrected chi connectivity index (χ3v) is 3.44. The second-order valence-corrected chi connectivity index (χ2v) is 6.25. The number of anilines is 1. The van der Waals surface area contributed by atoms with E-state index >= 15 is 0 Å². The van der Waals surface area contributed by atoms with Gasteiger partial charge in [-0.2, -0.15) is 0 Å². The highest BCUT2D eigenvalue weighted by molar-refractivity contribution is 6.04. The van der Waals surface area contributed by atoms with Crippen LogP contribution in [0.2, 0.25) is 0 Å². The van der Waals surface area contributed by atoms with Crippen molar-refractivity contribution in [3.8, 4) is 0 Å². The van der Waals surface area contributed by atoms with E-state index in [2.05, 4.69) is 26.1 Å². The van der Waals surface area contributed by atoms with Gasteiger partial charge in [0.15, 0.2) is 0 Å². The molecule has 2 aromatic carbocycles. The molecule has 0 saturated carbocycles. The molecular weight excluding hydrogens is 265 g/mol. The highest BCUT2D eigenvalue weighted by atomic mass is 19.1. The quantitative estimate of drug-likeness (QED) is 0.852. The molecule has 2 aromatic rings. The number of benzene rings is 2. The van der Waals surface area contributed by atoms with Gasteiger partial charge in [-0.05, 0) is 47.7 Å². The topological polar surface area (TPSA) is 29.1 Å². The number of rotatable bonds is 2. The van der Waals surface area contributed by atoms with Crippen LogP contribution in [0.25, 0.3) is 0 Å². The lowest BCUT2D eigenvalue weighted by molar-refractivity contribution is 0.102. The molecule has 21 heavy (non-hydrogen) atoms. The van der Waals surface area contributed by atoms with E-state index in [1.54, 1.807) is 31.2 Å². The number of halogens is 1. The molecule has 0 unspecified atom stereocenters. The lowest BCUT2D eigenvalue weighted by atomic mass is 9.87. The molecule has 0 bridgehead atoms. The largest absolute Gasteiger partial charge is 0.322 e. The van der Waals surface area contributed by atoms with Gasteiger partial charge in [-0.3, -0.25) is 4.79 Å². The zero-order valence-corrected chi connectivity index (χ0v) is 12.8. The molecule has 0 fully saturated rings. The van der Waals surface area contributed by atoms with E-state index in [9.17, 15) is 9.18 Å². The standard InChI is InChI=1S/C18H20FNO/c1-12-5-10-15(11-16(12)19)20-17(21)13-6-8-14(9-7-13)18(2,3)4/h5-11H,1-4H3,(H,20,21). The number of aryl methyl sites for hydroxylation is 1. The van der Waals surface area contributed by atoms with Gasteiger partial charge in [-0.1, -0.05) is 39.0 Å². The molecule has 0 aromatic heterocycles. The average molecular weight is 285 g/mol. The first-order valence-electron chi connectivity index (χ1n) is 6.95. The summed E-state index contributed by atoms with van der Waals surface area (Å²) in [5.41, 5.74) is 2.80. The molecular formula is C18H20FNO. The van der Waals surface area contributed by atoms with Crippen molar-refractivity contribution >= 4 is 11.6 Å². The summed E-state index contributed by atoms with van der Waals surface area (Å²) in [6, 6.07) is 12.2. The van der Waals surface area contributed by atoms with Crippen molar-refractivity contribution in [2.24, 2.45) is 0 Å². The maximum Gasteiger partial charge on any atom is 0.255 e. The smallest absolute Gasteiger partial charge is 0.255 e. The Morgan fingerprint density at radius 1 is 1.05 bits per heavy atom. The minimum absolute atomic E-state index is 0.0507. The van der Waals surface area contributed by atoms with E-state index in [-0.39, 0.29) is 17.1 Å². The van der Waals surface area contributed by atoms with Gasteiger partial charge in [-0.25, -0.2) is 4.39 Å². The monoisotopic (exact) mass is 285 g/mol. The van der Waals surface area contributed by atoms with Crippen molar-refractivity contribution < 1.29 is 9.18 Å². The number of amides is 1. The zero-order valence-electron chi connectivity index (χ0n) is 12.8. The molecule has 0 radical (unpaired) electrons. The Hall–Kier alpha value is -2.16. The van der Waals surface area contributed by atoms with E-state index in [1.807, 2.05) is 12.1 Å². The number of nitrogens with one attached hydrogen (secondary N) is 1. The molecule has 3 heteroatoms. The Morgan fingerprint density at radius 2 is 1.67 bits per heavy atom. The van der Waals surface area contributed by atoms with Crippen molar-refractivity contribution in [3.63, 3.8) is 0 Å². The van der Waals surface area contributed by atoms with Crippen LogP contribution in [0.3, 0.4) is 0 Å². The van der Waals surface area contributed by atoms with Gasteiger partial charge in [0.1, 0.15) is 5.82 Å². The minimum Gasteiger partial charge on any atom is -0.322 e. The summed E-state index contributed by atoms with van der Waals surface area (Å²) in [5.74, 6) is -0.561. The Morgan fingerprint density at radius 3 is 2.19 bits per heavy atom. The van der Waals surface area contributed by atoms with E-state index in [4.69, 9.17) is 0 Å². The Bertz CT molecular complexity index is 654. The van der Waals surface area contributed by atoms with Gasteiger partial charge in [0.25, 0.3) is 5.91 Å². The first-order valence-corrected chi connectivity index (χ1v) is 6.95. The molecule has 2 rings (SSSR count). The van der Waals surface area contributed by atoms with E-state index < -0.39 is 0 Å². The average Bonchev–Trinajstić information content (AvgIpc) is 2.42. The summed E-state index contributed by atoms with van der Waals surface area (Å²) >= 11 is 0. The number of carbonyl (C=O) groups excluding carboxylic acids is 1. The SMILES string of the molecule is Cc1ccc(NC(=O)c2ccc(C(C)(C)C)cc2)cc1F. The van der Waals surface area contributed by atoms with Gasteiger partial charge in [0.05, 0.1) is 0 Å². The van der Waals surface area contributed by atoms with Gasteiger partial charge in [0.2, 0.25) is 0 Å². The fourth-order valence-electron chi connectivity index (χ4n) is 2.00. The Balaban J connectivity index is 2.15.